The predicted octanol–water partition coefficient (Wildman–Crippen LogP) is 1.87. The van der Waals surface area contributed by atoms with E-state index in [1.54, 1.807) is 10.9 Å². The lowest BCUT2D eigenvalue weighted by molar-refractivity contribution is 0.462. The molecule has 0 spiro atoms. The fourth-order valence-electron chi connectivity index (χ4n) is 2.03. The summed E-state index contributed by atoms with van der Waals surface area (Å²) in [7, 11) is 0. The lowest BCUT2D eigenvalue weighted by atomic mass is 10.1. The summed E-state index contributed by atoms with van der Waals surface area (Å²) >= 11 is 5.65. The Morgan fingerprint density at radius 3 is 3.00 bits per heavy atom. The lowest BCUT2D eigenvalue weighted by Crippen LogP contribution is -2.25. The molecule has 0 atom stereocenters. The number of rotatable bonds is 3. The molecule has 0 radical (unpaired) electrons. The minimum Gasteiger partial charge on any atom is -0.298 e. The van der Waals surface area contributed by atoms with Gasteiger partial charge in [-0.2, -0.15) is 17.0 Å². The van der Waals surface area contributed by atoms with Gasteiger partial charge in [-0.05, 0) is 42.5 Å². The van der Waals surface area contributed by atoms with Gasteiger partial charge in [-0.1, -0.05) is 0 Å². The number of aromatic nitrogens is 3. The van der Waals surface area contributed by atoms with E-state index in [1.165, 1.54) is 11.5 Å². The summed E-state index contributed by atoms with van der Waals surface area (Å²) in [6, 6.07) is 0. The van der Waals surface area contributed by atoms with E-state index in [1.807, 2.05) is 6.92 Å². The van der Waals surface area contributed by atoms with Crippen LogP contribution in [0, 0.1) is 12.3 Å². The average molecular weight is 267 g/mol. The first-order valence-electron chi connectivity index (χ1n) is 5.57. The fraction of sp³-hybridized carbons (Fsp3) is 0.545. The van der Waals surface area contributed by atoms with Gasteiger partial charge in [0.15, 0.2) is 4.83 Å². The van der Waals surface area contributed by atoms with E-state index in [2.05, 4.69) is 22.0 Å². The van der Waals surface area contributed by atoms with E-state index >= 15 is 0 Å². The zero-order valence-electron chi connectivity index (χ0n) is 9.51. The Morgan fingerprint density at radius 1 is 1.59 bits per heavy atom. The highest BCUT2D eigenvalue weighted by Gasteiger charge is 2.41. The van der Waals surface area contributed by atoms with Crippen molar-refractivity contribution in [1.82, 2.24) is 13.9 Å². The van der Waals surface area contributed by atoms with Crippen molar-refractivity contribution in [3.63, 3.8) is 0 Å². The molecule has 0 aliphatic heterocycles. The van der Waals surface area contributed by atoms with Gasteiger partial charge in [-0.3, -0.25) is 9.36 Å². The normalized spacial score (nSPS) is 17.5. The van der Waals surface area contributed by atoms with E-state index in [-0.39, 0.29) is 11.0 Å². The van der Waals surface area contributed by atoms with Crippen LogP contribution in [0.2, 0.25) is 0 Å². The lowest BCUT2D eigenvalue weighted by Gasteiger charge is -2.13. The molecule has 6 heteroatoms. The number of fused-ring (bicyclic) bond motifs is 1. The van der Waals surface area contributed by atoms with Crippen LogP contribution in [0.3, 0.4) is 0 Å². The van der Waals surface area contributed by atoms with Crippen molar-refractivity contribution in [1.29, 1.82) is 0 Å². The number of thiol groups is 1. The Balaban J connectivity index is 2.08. The highest BCUT2D eigenvalue weighted by Crippen LogP contribution is 2.47. The summed E-state index contributed by atoms with van der Waals surface area (Å²) in [4.78, 5) is 17.3. The molecule has 2 aromatic rings. The third kappa shape index (κ3) is 1.79. The van der Waals surface area contributed by atoms with Crippen LogP contribution in [-0.4, -0.2) is 19.7 Å². The predicted molar refractivity (Wildman–Crippen MR) is 71.9 cm³/mol. The van der Waals surface area contributed by atoms with E-state index in [4.69, 9.17) is 0 Å². The second kappa shape index (κ2) is 3.81. The van der Waals surface area contributed by atoms with Crippen LogP contribution in [0.4, 0.5) is 0 Å². The van der Waals surface area contributed by atoms with Gasteiger partial charge in [0.05, 0.1) is 17.4 Å². The Kier molecular flexibility index (Phi) is 2.52. The molecule has 0 unspecified atom stereocenters. The van der Waals surface area contributed by atoms with Gasteiger partial charge in [0.1, 0.15) is 0 Å². The van der Waals surface area contributed by atoms with Gasteiger partial charge in [0.2, 0.25) is 0 Å². The third-order valence-electron chi connectivity index (χ3n) is 3.43. The van der Waals surface area contributed by atoms with E-state index < -0.39 is 0 Å². The van der Waals surface area contributed by atoms with E-state index in [9.17, 15) is 4.79 Å². The molecule has 17 heavy (non-hydrogen) atoms. The summed E-state index contributed by atoms with van der Waals surface area (Å²) in [6.45, 7) is 2.59. The zero-order valence-corrected chi connectivity index (χ0v) is 11.2. The van der Waals surface area contributed by atoms with Gasteiger partial charge >= 0.3 is 0 Å². The molecule has 2 aromatic heterocycles. The molecule has 90 valence electrons. The maximum Gasteiger partial charge on any atom is 0.263 e. The van der Waals surface area contributed by atoms with Crippen LogP contribution in [0.15, 0.2) is 11.1 Å². The molecule has 1 saturated carbocycles. The number of hydrogen-bond donors (Lipinski definition) is 1. The zero-order chi connectivity index (χ0) is 12.0. The molecular weight excluding hydrogens is 254 g/mol. The molecule has 2 heterocycles. The molecule has 3 rings (SSSR count). The number of aryl methyl sites for hydroxylation is 1. The SMILES string of the molecule is Cc1nsc2ncn(CC3(CS)CC3)c(=O)c12. The quantitative estimate of drug-likeness (QED) is 0.864. The fourth-order valence-corrected chi connectivity index (χ4v) is 3.18. The van der Waals surface area contributed by atoms with Crippen molar-refractivity contribution in [2.45, 2.75) is 26.3 Å². The van der Waals surface area contributed by atoms with Crippen molar-refractivity contribution in [2.24, 2.45) is 5.41 Å². The van der Waals surface area contributed by atoms with Gasteiger partial charge in [0.25, 0.3) is 5.56 Å². The Hall–Kier alpha value is -0.880. The van der Waals surface area contributed by atoms with Crippen molar-refractivity contribution in [3.8, 4) is 0 Å². The summed E-state index contributed by atoms with van der Waals surface area (Å²) in [5.41, 5.74) is 1.04. The first-order chi connectivity index (χ1) is 8.15. The average Bonchev–Trinajstić information content (AvgIpc) is 3.00. The van der Waals surface area contributed by atoms with Gasteiger partial charge in [-0.25, -0.2) is 4.98 Å². The highest BCUT2D eigenvalue weighted by atomic mass is 32.1. The first-order valence-corrected chi connectivity index (χ1v) is 6.98. The first kappa shape index (κ1) is 11.2. The largest absolute Gasteiger partial charge is 0.298 e. The molecule has 0 bridgehead atoms. The Bertz CT molecular complexity index is 627. The molecule has 1 aliphatic rings. The van der Waals surface area contributed by atoms with Crippen LogP contribution in [0.25, 0.3) is 10.2 Å². The van der Waals surface area contributed by atoms with Crippen molar-refractivity contribution < 1.29 is 0 Å². The smallest absolute Gasteiger partial charge is 0.263 e. The molecule has 1 aliphatic carbocycles. The molecule has 0 aromatic carbocycles. The van der Waals surface area contributed by atoms with Crippen LogP contribution < -0.4 is 5.56 Å². The maximum atomic E-state index is 12.3. The standard InChI is InChI=1S/C11H13N3OS2/c1-7-8-9(17-13-7)12-6-14(10(8)15)4-11(5-16)2-3-11/h6,16H,2-5H2,1H3. The van der Waals surface area contributed by atoms with Gasteiger partial charge < -0.3 is 0 Å². The van der Waals surface area contributed by atoms with Crippen LogP contribution >= 0.6 is 24.2 Å². The monoisotopic (exact) mass is 267 g/mol. The van der Waals surface area contributed by atoms with Gasteiger partial charge in [-0.15, -0.1) is 0 Å². The molecule has 0 N–H and O–H groups in total. The van der Waals surface area contributed by atoms with Crippen LogP contribution in [-0.2, 0) is 6.54 Å². The molecular formula is C11H13N3OS2. The minimum atomic E-state index is 0.0364. The summed E-state index contributed by atoms with van der Waals surface area (Å²) < 4.78 is 5.90. The Labute approximate surface area is 108 Å². The number of hydrogen-bond acceptors (Lipinski definition) is 5. The summed E-state index contributed by atoms with van der Waals surface area (Å²) in [6.07, 6.45) is 3.95. The summed E-state index contributed by atoms with van der Waals surface area (Å²) in [5.74, 6) is 0.832. The van der Waals surface area contributed by atoms with E-state index in [0.29, 0.717) is 5.39 Å². The highest BCUT2D eigenvalue weighted by molar-refractivity contribution is 7.80. The van der Waals surface area contributed by atoms with Crippen molar-refractivity contribution in [3.05, 3.63) is 22.4 Å². The van der Waals surface area contributed by atoms with E-state index in [0.717, 1.165) is 35.7 Å². The maximum absolute atomic E-state index is 12.3. The summed E-state index contributed by atoms with van der Waals surface area (Å²) in [5, 5.41) is 0.674. The molecule has 4 nitrogen and oxygen atoms in total. The molecule has 1 fully saturated rings. The van der Waals surface area contributed by atoms with Crippen molar-refractivity contribution >= 4 is 34.4 Å². The van der Waals surface area contributed by atoms with Crippen molar-refractivity contribution in [2.75, 3.05) is 5.75 Å². The van der Waals surface area contributed by atoms with Crippen LogP contribution in [0.1, 0.15) is 18.5 Å². The van der Waals surface area contributed by atoms with Crippen LogP contribution in [0.5, 0.6) is 0 Å². The van der Waals surface area contributed by atoms with Gasteiger partial charge in [0, 0.05) is 6.54 Å². The second-order valence-corrected chi connectivity index (χ2v) is 5.85. The second-order valence-electron chi connectivity index (χ2n) is 4.78. The molecule has 0 amide bonds. The minimum absolute atomic E-state index is 0.0364. The number of nitrogens with zero attached hydrogens (tertiary/aromatic N) is 3. The third-order valence-corrected chi connectivity index (χ3v) is 4.95. The Morgan fingerprint density at radius 2 is 2.35 bits per heavy atom. The molecule has 0 saturated heterocycles. The topological polar surface area (TPSA) is 47.8 Å².